The third-order valence-corrected chi connectivity index (χ3v) is 6.86. The molecule has 174 valence electrons. The first-order chi connectivity index (χ1) is 14.7. The van der Waals surface area contributed by atoms with E-state index in [0.29, 0.717) is 5.91 Å². The molecule has 1 unspecified atom stereocenters. The van der Waals surface area contributed by atoms with Gasteiger partial charge in [-0.3, -0.25) is 4.79 Å². The van der Waals surface area contributed by atoms with E-state index in [2.05, 4.69) is 17.0 Å². The van der Waals surface area contributed by atoms with Gasteiger partial charge in [0.05, 0.1) is 5.92 Å². The van der Waals surface area contributed by atoms with Crippen molar-refractivity contribution < 1.29 is 4.79 Å². The van der Waals surface area contributed by atoms with Gasteiger partial charge in [-0.25, -0.2) is 9.97 Å². The van der Waals surface area contributed by atoms with Crippen molar-refractivity contribution in [1.82, 2.24) is 14.9 Å². The molecule has 0 radical (unpaired) electrons. The fraction of sp³-hybridized carbons (Fsp3) is 0.542. The molecule has 1 atom stereocenters. The van der Waals surface area contributed by atoms with E-state index in [1.54, 1.807) is 0 Å². The van der Waals surface area contributed by atoms with Gasteiger partial charge in [0.2, 0.25) is 5.91 Å². The van der Waals surface area contributed by atoms with Crippen molar-refractivity contribution in [3.63, 3.8) is 0 Å². The number of anilines is 1. The second-order valence-electron chi connectivity index (χ2n) is 8.96. The number of fused-ring (bicyclic) bond motifs is 1. The molecule has 2 N–H and O–H groups in total. The molecule has 1 amide bonds. The van der Waals surface area contributed by atoms with Crippen LogP contribution >= 0.6 is 24.8 Å². The Kier molecular flexibility index (Phi) is 8.37. The van der Waals surface area contributed by atoms with Crippen LogP contribution in [0.1, 0.15) is 43.4 Å². The number of hydrogen-bond donors (Lipinski definition) is 1. The van der Waals surface area contributed by atoms with Gasteiger partial charge in [0.1, 0.15) is 5.82 Å². The minimum Gasteiger partial charge on any atom is -0.355 e. The third-order valence-electron chi connectivity index (χ3n) is 6.86. The number of nitrogens with two attached hydrogens (primary N) is 1. The van der Waals surface area contributed by atoms with E-state index in [4.69, 9.17) is 15.7 Å². The maximum atomic E-state index is 13.2. The number of aryl methyl sites for hydroxylation is 1. The van der Waals surface area contributed by atoms with E-state index >= 15 is 0 Å². The van der Waals surface area contributed by atoms with E-state index in [1.807, 2.05) is 23.1 Å². The number of rotatable bonds is 3. The van der Waals surface area contributed by atoms with Crippen LogP contribution in [0.15, 0.2) is 30.3 Å². The van der Waals surface area contributed by atoms with Crippen LogP contribution in [0, 0.1) is 5.92 Å². The molecule has 5 rings (SSSR count). The fourth-order valence-corrected chi connectivity index (χ4v) is 5.14. The predicted molar refractivity (Wildman–Crippen MR) is 133 cm³/mol. The Labute approximate surface area is 202 Å². The van der Waals surface area contributed by atoms with Gasteiger partial charge in [-0.05, 0) is 44.9 Å². The molecule has 1 aromatic carbocycles. The zero-order valence-corrected chi connectivity index (χ0v) is 20.0. The lowest BCUT2D eigenvalue weighted by Crippen LogP contribution is -2.49. The second kappa shape index (κ2) is 10.8. The number of halogens is 2. The molecule has 0 spiro atoms. The van der Waals surface area contributed by atoms with E-state index in [1.165, 1.54) is 11.3 Å². The summed E-state index contributed by atoms with van der Waals surface area (Å²) in [7, 11) is 0. The molecular formula is C24H33Cl2N5O. The number of aromatic nitrogens is 2. The highest BCUT2D eigenvalue weighted by Gasteiger charge is 2.33. The lowest BCUT2D eigenvalue weighted by molar-refractivity contribution is -0.136. The molecule has 32 heavy (non-hydrogen) atoms. The Balaban J connectivity index is 0.00000144. The first kappa shape index (κ1) is 24.7. The second-order valence-corrected chi connectivity index (χ2v) is 8.96. The fourth-order valence-electron chi connectivity index (χ4n) is 5.14. The van der Waals surface area contributed by atoms with Crippen molar-refractivity contribution in [1.29, 1.82) is 0 Å². The first-order valence-corrected chi connectivity index (χ1v) is 11.4. The van der Waals surface area contributed by atoms with Crippen LogP contribution in [0.2, 0.25) is 0 Å². The van der Waals surface area contributed by atoms with E-state index in [-0.39, 0.29) is 36.8 Å². The van der Waals surface area contributed by atoms with Crippen LogP contribution in [0.25, 0.3) is 11.4 Å². The summed E-state index contributed by atoms with van der Waals surface area (Å²) in [5.74, 6) is 2.24. The van der Waals surface area contributed by atoms with E-state index in [0.717, 1.165) is 88.3 Å². The average molecular weight is 478 g/mol. The van der Waals surface area contributed by atoms with Crippen LogP contribution < -0.4 is 10.6 Å². The molecule has 0 bridgehead atoms. The van der Waals surface area contributed by atoms with Crippen molar-refractivity contribution in [2.45, 2.75) is 51.0 Å². The molecule has 8 heteroatoms. The standard InChI is InChI=1S/C24H31N5O.2ClH/c25-19-11-14-28(15-12-19)24(30)18-8-5-13-29(16-18)23-20-9-4-10-21(20)26-22(27-23)17-6-2-1-3-7-17;;/h1-3,6-7,18-19H,4-5,8-16,25H2;2*1H. The number of benzene rings is 1. The summed E-state index contributed by atoms with van der Waals surface area (Å²) in [5, 5.41) is 0. The molecule has 2 fully saturated rings. The minimum atomic E-state index is 0. The topological polar surface area (TPSA) is 75.3 Å². The maximum Gasteiger partial charge on any atom is 0.227 e. The van der Waals surface area contributed by atoms with Crippen LogP contribution in [0.3, 0.4) is 0 Å². The zero-order valence-electron chi connectivity index (χ0n) is 18.4. The summed E-state index contributed by atoms with van der Waals surface area (Å²) in [4.78, 5) is 27.5. The van der Waals surface area contributed by atoms with E-state index < -0.39 is 0 Å². The number of nitrogens with zero attached hydrogens (tertiary/aromatic N) is 4. The molecule has 0 saturated carbocycles. The van der Waals surface area contributed by atoms with Gasteiger partial charge in [-0.1, -0.05) is 30.3 Å². The predicted octanol–water partition coefficient (Wildman–Crippen LogP) is 3.64. The Morgan fingerprint density at radius 3 is 2.44 bits per heavy atom. The van der Waals surface area contributed by atoms with Gasteiger partial charge < -0.3 is 15.5 Å². The monoisotopic (exact) mass is 477 g/mol. The van der Waals surface area contributed by atoms with Crippen LogP contribution in [0.4, 0.5) is 5.82 Å². The zero-order chi connectivity index (χ0) is 20.5. The number of carbonyl (C=O) groups excluding carboxylic acids is 1. The third kappa shape index (κ3) is 5.03. The van der Waals surface area contributed by atoms with Crippen LogP contribution in [-0.2, 0) is 17.6 Å². The number of hydrogen-bond acceptors (Lipinski definition) is 5. The molecule has 3 heterocycles. The van der Waals surface area contributed by atoms with Crippen LogP contribution in [-0.4, -0.2) is 53.0 Å². The maximum absolute atomic E-state index is 13.2. The summed E-state index contributed by atoms with van der Waals surface area (Å²) < 4.78 is 0. The average Bonchev–Trinajstić information content (AvgIpc) is 3.28. The molecule has 2 saturated heterocycles. The summed E-state index contributed by atoms with van der Waals surface area (Å²) in [5.41, 5.74) is 9.58. The number of likely N-dealkylation sites (tertiary alicyclic amines) is 1. The molecule has 6 nitrogen and oxygen atoms in total. The highest BCUT2D eigenvalue weighted by Crippen LogP contribution is 2.34. The van der Waals surface area contributed by atoms with Crippen molar-refractivity contribution in [2.24, 2.45) is 11.7 Å². The largest absolute Gasteiger partial charge is 0.355 e. The highest BCUT2D eigenvalue weighted by molar-refractivity contribution is 5.85. The molecule has 2 aromatic rings. The minimum absolute atomic E-state index is 0. The van der Waals surface area contributed by atoms with Crippen molar-refractivity contribution in [3.8, 4) is 11.4 Å². The summed E-state index contributed by atoms with van der Waals surface area (Å²) >= 11 is 0. The Morgan fingerprint density at radius 2 is 1.69 bits per heavy atom. The Bertz CT molecular complexity index is 918. The highest BCUT2D eigenvalue weighted by atomic mass is 35.5. The quantitative estimate of drug-likeness (QED) is 0.729. The summed E-state index contributed by atoms with van der Waals surface area (Å²) in [6, 6.07) is 10.5. The number of carbonyl (C=O) groups is 1. The van der Waals surface area contributed by atoms with Crippen molar-refractivity contribution in [3.05, 3.63) is 41.6 Å². The first-order valence-electron chi connectivity index (χ1n) is 11.4. The molecular weight excluding hydrogens is 445 g/mol. The Hall–Kier alpha value is -1.89. The SMILES string of the molecule is Cl.Cl.NC1CCN(C(=O)C2CCCN(c3nc(-c4ccccc4)nc4c3CCC4)C2)CC1. The molecule has 1 aromatic heterocycles. The van der Waals surface area contributed by atoms with Gasteiger partial charge in [0.15, 0.2) is 5.82 Å². The summed E-state index contributed by atoms with van der Waals surface area (Å²) in [6.07, 6.45) is 7.04. The van der Waals surface area contributed by atoms with Gasteiger partial charge >= 0.3 is 0 Å². The molecule has 3 aliphatic rings. The van der Waals surface area contributed by atoms with Crippen LogP contribution in [0.5, 0.6) is 0 Å². The lowest BCUT2D eigenvalue weighted by atomic mass is 9.94. The number of amides is 1. The van der Waals surface area contributed by atoms with Gasteiger partial charge in [-0.15, -0.1) is 24.8 Å². The van der Waals surface area contributed by atoms with Gasteiger partial charge in [0.25, 0.3) is 0 Å². The Morgan fingerprint density at radius 1 is 0.938 bits per heavy atom. The molecule has 2 aliphatic heterocycles. The van der Waals surface area contributed by atoms with E-state index in [9.17, 15) is 4.79 Å². The van der Waals surface area contributed by atoms with Crippen molar-refractivity contribution >= 4 is 36.5 Å². The van der Waals surface area contributed by atoms with Gasteiger partial charge in [0, 0.05) is 49.0 Å². The van der Waals surface area contributed by atoms with Crippen molar-refractivity contribution in [2.75, 3.05) is 31.1 Å². The van der Waals surface area contributed by atoms with Gasteiger partial charge in [-0.2, -0.15) is 0 Å². The molecule has 1 aliphatic carbocycles. The lowest BCUT2D eigenvalue weighted by Gasteiger charge is -2.38. The number of piperidine rings is 2. The normalized spacial score (nSPS) is 20.8. The summed E-state index contributed by atoms with van der Waals surface area (Å²) in [6.45, 7) is 3.33. The smallest absolute Gasteiger partial charge is 0.227 e.